The zero-order valence-corrected chi connectivity index (χ0v) is 15.2. The average molecular weight is 375 g/mol. The third-order valence-corrected chi connectivity index (χ3v) is 3.74. The highest BCUT2D eigenvalue weighted by Gasteiger charge is 2.17. The number of nitrogens with zero attached hydrogens (tertiary/aromatic N) is 1. The minimum atomic E-state index is -0.531. The van der Waals surface area contributed by atoms with Crippen LogP contribution in [0.4, 0.5) is 11.4 Å². The molecule has 0 radical (unpaired) electrons. The number of nitrogens with one attached hydrogen (secondary N) is 2. The topological polar surface area (TPSA) is 103 Å². The molecule has 0 spiro atoms. The Morgan fingerprint density at radius 3 is 2.54 bits per heavy atom. The fourth-order valence-corrected chi connectivity index (χ4v) is 2.53. The number of ether oxygens (including phenoxy) is 2. The monoisotopic (exact) mass is 375 g/mol. The van der Waals surface area contributed by atoms with Crippen molar-refractivity contribution in [1.82, 2.24) is 5.32 Å². The van der Waals surface area contributed by atoms with Crippen LogP contribution >= 0.6 is 12.2 Å². The first-order valence-corrected chi connectivity index (χ1v) is 7.86. The summed E-state index contributed by atoms with van der Waals surface area (Å²) in [5, 5.41) is 16.2. The van der Waals surface area contributed by atoms with Crippen LogP contribution in [-0.2, 0) is 0 Å². The van der Waals surface area contributed by atoms with Gasteiger partial charge in [0.25, 0.3) is 11.6 Å². The Kier molecular flexibility index (Phi) is 6.07. The molecule has 136 valence electrons. The van der Waals surface area contributed by atoms with Gasteiger partial charge in [0.05, 0.1) is 36.5 Å². The molecule has 26 heavy (non-hydrogen) atoms. The van der Waals surface area contributed by atoms with Crippen LogP contribution in [0.1, 0.15) is 15.9 Å². The summed E-state index contributed by atoms with van der Waals surface area (Å²) >= 11 is 5.14. The molecule has 2 N–H and O–H groups in total. The first-order chi connectivity index (χ1) is 12.4. The van der Waals surface area contributed by atoms with Gasteiger partial charge in [-0.15, -0.1) is 0 Å². The standard InChI is InChI=1S/C17H17N3O5S/c1-10-5-4-6-12(15(10)25-3)16(21)19-17(26)18-13-8-7-11(20(22)23)9-14(13)24-2/h4-9H,1-3H3,(H2,18,19,21,26). The second kappa shape index (κ2) is 8.26. The van der Waals surface area contributed by atoms with Crippen molar-refractivity contribution in [3.05, 3.63) is 57.6 Å². The van der Waals surface area contributed by atoms with Gasteiger partial charge in [0.2, 0.25) is 0 Å². The molecule has 0 saturated carbocycles. The van der Waals surface area contributed by atoms with Gasteiger partial charge in [0.15, 0.2) is 5.11 Å². The molecule has 0 unspecified atom stereocenters. The number of nitro groups is 1. The van der Waals surface area contributed by atoms with Crippen molar-refractivity contribution >= 4 is 34.6 Å². The number of hydrogen-bond acceptors (Lipinski definition) is 6. The zero-order chi connectivity index (χ0) is 19.3. The molecule has 9 heteroatoms. The van der Waals surface area contributed by atoms with Crippen molar-refractivity contribution in [3.63, 3.8) is 0 Å². The first-order valence-electron chi connectivity index (χ1n) is 7.45. The minimum Gasteiger partial charge on any atom is -0.496 e. The molecule has 2 rings (SSSR count). The predicted octanol–water partition coefficient (Wildman–Crippen LogP) is 3.05. The molecule has 0 heterocycles. The van der Waals surface area contributed by atoms with E-state index >= 15 is 0 Å². The zero-order valence-electron chi connectivity index (χ0n) is 14.4. The van der Waals surface area contributed by atoms with E-state index in [0.717, 1.165) is 5.56 Å². The summed E-state index contributed by atoms with van der Waals surface area (Å²) in [6.45, 7) is 1.83. The van der Waals surface area contributed by atoms with Crippen molar-refractivity contribution < 1.29 is 19.2 Å². The Labute approximate surface area is 155 Å². The summed E-state index contributed by atoms with van der Waals surface area (Å²) in [6.07, 6.45) is 0. The molecule has 0 saturated heterocycles. The predicted molar refractivity (Wildman–Crippen MR) is 101 cm³/mol. The molecule has 8 nitrogen and oxygen atoms in total. The molecule has 0 aliphatic carbocycles. The van der Waals surface area contributed by atoms with Crippen molar-refractivity contribution in [1.29, 1.82) is 0 Å². The molecular formula is C17H17N3O5S. The highest BCUT2D eigenvalue weighted by Crippen LogP contribution is 2.29. The number of amides is 1. The molecule has 0 fully saturated rings. The molecule has 0 atom stereocenters. The van der Waals surface area contributed by atoms with Gasteiger partial charge in [0, 0.05) is 6.07 Å². The summed E-state index contributed by atoms with van der Waals surface area (Å²) < 4.78 is 10.4. The number of hydrogen-bond donors (Lipinski definition) is 2. The highest BCUT2D eigenvalue weighted by atomic mass is 32.1. The molecule has 0 aliphatic heterocycles. The normalized spacial score (nSPS) is 9.96. The van der Waals surface area contributed by atoms with E-state index in [4.69, 9.17) is 21.7 Å². The third-order valence-electron chi connectivity index (χ3n) is 3.53. The van der Waals surface area contributed by atoms with Crippen LogP contribution in [0.25, 0.3) is 0 Å². The van der Waals surface area contributed by atoms with E-state index in [2.05, 4.69) is 10.6 Å². The van der Waals surface area contributed by atoms with E-state index in [1.54, 1.807) is 12.1 Å². The van der Waals surface area contributed by atoms with E-state index in [-0.39, 0.29) is 16.5 Å². The number of aryl methyl sites for hydroxylation is 1. The van der Waals surface area contributed by atoms with Gasteiger partial charge in [-0.1, -0.05) is 12.1 Å². The van der Waals surface area contributed by atoms with E-state index in [1.165, 1.54) is 32.4 Å². The summed E-state index contributed by atoms with van der Waals surface area (Å²) in [5.41, 5.74) is 1.43. The number of thiocarbonyl (C=S) groups is 1. The molecule has 2 aromatic rings. The fraction of sp³-hybridized carbons (Fsp3) is 0.176. The van der Waals surface area contributed by atoms with Gasteiger partial charge in [0.1, 0.15) is 11.5 Å². The lowest BCUT2D eigenvalue weighted by molar-refractivity contribution is -0.384. The summed E-state index contributed by atoms with van der Waals surface area (Å²) in [4.78, 5) is 22.7. The van der Waals surface area contributed by atoms with E-state index in [1.807, 2.05) is 13.0 Å². The van der Waals surface area contributed by atoms with Gasteiger partial charge in [-0.05, 0) is 36.8 Å². The number of nitro benzene ring substituents is 1. The second-order valence-electron chi connectivity index (χ2n) is 5.21. The van der Waals surface area contributed by atoms with Gasteiger partial charge in [-0.3, -0.25) is 20.2 Å². The molecule has 1 amide bonds. The number of non-ortho nitro benzene ring substituents is 1. The van der Waals surface area contributed by atoms with Crippen LogP contribution < -0.4 is 20.1 Å². The van der Waals surface area contributed by atoms with E-state index in [0.29, 0.717) is 17.0 Å². The van der Waals surface area contributed by atoms with Crippen molar-refractivity contribution in [2.75, 3.05) is 19.5 Å². The first kappa shape index (κ1) is 19.1. The lowest BCUT2D eigenvalue weighted by Gasteiger charge is -2.14. The van der Waals surface area contributed by atoms with Crippen LogP contribution in [0.15, 0.2) is 36.4 Å². The van der Waals surface area contributed by atoms with Crippen molar-refractivity contribution in [2.45, 2.75) is 6.92 Å². The van der Waals surface area contributed by atoms with Gasteiger partial charge >= 0.3 is 0 Å². The van der Waals surface area contributed by atoms with Crippen LogP contribution in [0.5, 0.6) is 11.5 Å². The SMILES string of the molecule is COc1cc([N+](=O)[O-])ccc1NC(=S)NC(=O)c1cccc(C)c1OC. The fourth-order valence-electron chi connectivity index (χ4n) is 2.32. The van der Waals surface area contributed by atoms with Crippen LogP contribution in [0.2, 0.25) is 0 Å². The Bertz CT molecular complexity index is 869. The average Bonchev–Trinajstić information content (AvgIpc) is 2.61. The summed E-state index contributed by atoms with van der Waals surface area (Å²) in [6, 6.07) is 9.20. The number of carbonyl (C=O) groups is 1. The Morgan fingerprint density at radius 2 is 1.92 bits per heavy atom. The largest absolute Gasteiger partial charge is 0.496 e. The number of anilines is 1. The number of rotatable bonds is 5. The lowest BCUT2D eigenvalue weighted by Crippen LogP contribution is -2.34. The second-order valence-corrected chi connectivity index (χ2v) is 5.61. The van der Waals surface area contributed by atoms with Crippen molar-refractivity contribution in [2.24, 2.45) is 0 Å². The quantitative estimate of drug-likeness (QED) is 0.470. The van der Waals surface area contributed by atoms with E-state index in [9.17, 15) is 14.9 Å². The molecule has 0 aromatic heterocycles. The lowest BCUT2D eigenvalue weighted by atomic mass is 10.1. The van der Waals surface area contributed by atoms with Crippen LogP contribution in [-0.4, -0.2) is 30.2 Å². The molecule has 2 aromatic carbocycles. The van der Waals surface area contributed by atoms with E-state index < -0.39 is 10.8 Å². The maximum atomic E-state index is 12.4. The number of benzene rings is 2. The molecular weight excluding hydrogens is 358 g/mol. The minimum absolute atomic E-state index is 0.0192. The highest BCUT2D eigenvalue weighted by molar-refractivity contribution is 7.80. The van der Waals surface area contributed by atoms with Crippen molar-refractivity contribution in [3.8, 4) is 11.5 Å². The summed E-state index contributed by atoms with van der Waals surface area (Å²) in [7, 11) is 2.86. The van der Waals surface area contributed by atoms with Crippen LogP contribution in [0, 0.1) is 17.0 Å². The maximum Gasteiger partial charge on any atom is 0.273 e. The molecule has 0 bridgehead atoms. The number of carbonyl (C=O) groups excluding carboxylic acids is 1. The molecule has 0 aliphatic rings. The van der Waals surface area contributed by atoms with Gasteiger partial charge in [-0.25, -0.2) is 0 Å². The summed E-state index contributed by atoms with van der Waals surface area (Å²) in [5.74, 6) is 0.244. The van der Waals surface area contributed by atoms with Gasteiger partial charge < -0.3 is 14.8 Å². The smallest absolute Gasteiger partial charge is 0.273 e. The Hall–Kier alpha value is -3.20. The van der Waals surface area contributed by atoms with Crippen LogP contribution in [0.3, 0.4) is 0 Å². The Morgan fingerprint density at radius 1 is 1.19 bits per heavy atom. The van der Waals surface area contributed by atoms with Gasteiger partial charge in [-0.2, -0.15) is 0 Å². The third kappa shape index (κ3) is 4.25. The maximum absolute atomic E-state index is 12.4. The number of methoxy groups -OCH3 is 2. The Balaban J connectivity index is 2.15. The number of para-hydroxylation sites is 1.